The Bertz CT molecular complexity index is 896. The number of nitrogens with zero attached hydrogens (tertiary/aromatic N) is 2. The van der Waals surface area contributed by atoms with Crippen LogP contribution in [0.4, 0.5) is 16.2 Å². The molecule has 1 N–H and O–H groups in total. The van der Waals surface area contributed by atoms with Crippen LogP contribution in [0.5, 0.6) is 5.75 Å². The molecule has 1 atom stereocenters. The molecule has 0 saturated carbocycles. The summed E-state index contributed by atoms with van der Waals surface area (Å²) in [6, 6.07) is 12.8. The van der Waals surface area contributed by atoms with E-state index in [0.717, 1.165) is 9.37 Å². The van der Waals surface area contributed by atoms with E-state index in [-0.39, 0.29) is 0 Å². The lowest BCUT2D eigenvalue weighted by Gasteiger charge is -2.28. The van der Waals surface area contributed by atoms with E-state index >= 15 is 0 Å². The van der Waals surface area contributed by atoms with Crippen molar-refractivity contribution in [1.29, 1.82) is 0 Å². The van der Waals surface area contributed by atoms with Crippen LogP contribution < -0.4 is 15.0 Å². The minimum Gasteiger partial charge on any atom is -0.494 e. The maximum absolute atomic E-state index is 12.7. The number of para-hydroxylation sites is 2. The topological polar surface area (TPSA) is 88.1 Å². The summed E-state index contributed by atoms with van der Waals surface area (Å²) in [5.41, 5.74) is 0.835. The predicted octanol–water partition coefficient (Wildman–Crippen LogP) is 3.06. The number of rotatable bonds is 4. The summed E-state index contributed by atoms with van der Waals surface area (Å²) in [6.45, 7) is 0. The van der Waals surface area contributed by atoms with Gasteiger partial charge in [-0.15, -0.1) is 0 Å². The summed E-state index contributed by atoms with van der Waals surface area (Å²) in [4.78, 5) is 42.1. The second kappa shape index (κ2) is 7.49. The van der Waals surface area contributed by atoms with Crippen LogP contribution in [0.1, 0.15) is 0 Å². The summed E-state index contributed by atoms with van der Waals surface area (Å²) in [5.74, 6) is -2.10. The first-order valence-electron chi connectivity index (χ1n) is 7.63. The fourth-order valence-electron chi connectivity index (χ4n) is 2.45. The van der Waals surface area contributed by atoms with Gasteiger partial charge in [0.05, 0.1) is 12.8 Å². The van der Waals surface area contributed by atoms with Gasteiger partial charge in [0.25, 0.3) is 5.91 Å². The van der Waals surface area contributed by atoms with E-state index in [2.05, 4.69) is 26.2 Å². The fourth-order valence-corrected chi connectivity index (χ4v) is 2.71. The van der Waals surface area contributed by atoms with E-state index in [1.807, 2.05) is 0 Å². The summed E-state index contributed by atoms with van der Waals surface area (Å²) in [6.07, 6.45) is 1.22. The van der Waals surface area contributed by atoms with E-state index in [9.17, 15) is 14.4 Å². The Morgan fingerprint density at radius 3 is 2.50 bits per heavy atom. The number of ether oxygens (including phenoxy) is 1. The number of carbonyl (C=O) groups is 3. The first-order chi connectivity index (χ1) is 12.5. The van der Waals surface area contributed by atoms with Crippen molar-refractivity contribution < 1.29 is 19.1 Å². The fraction of sp³-hybridized carbons (Fsp3) is 0.111. The van der Waals surface area contributed by atoms with Crippen LogP contribution in [0.2, 0.25) is 0 Å². The molecule has 0 aromatic heterocycles. The quantitative estimate of drug-likeness (QED) is 0.613. The number of nitrogens with one attached hydrogen (secondary N) is 1. The zero-order valence-corrected chi connectivity index (χ0v) is 15.3. The average molecular weight is 416 g/mol. The Hall–Kier alpha value is -3.00. The molecule has 0 radical (unpaired) electrons. The van der Waals surface area contributed by atoms with Crippen molar-refractivity contribution >= 4 is 51.4 Å². The van der Waals surface area contributed by atoms with Crippen LogP contribution in [0.3, 0.4) is 0 Å². The third-order valence-electron chi connectivity index (χ3n) is 3.73. The molecule has 3 rings (SSSR count). The molecule has 132 valence electrons. The van der Waals surface area contributed by atoms with Crippen LogP contribution in [-0.4, -0.2) is 31.2 Å². The number of halogens is 1. The largest absolute Gasteiger partial charge is 0.494 e. The molecule has 1 aliphatic rings. The first kappa shape index (κ1) is 17.8. The van der Waals surface area contributed by atoms with Crippen molar-refractivity contribution in [3.8, 4) is 5.75 Å². The molecule has 4 amide bonds. The minimum absolute atomic E-state index is 0.360. The van der Waals surface area contributed by atoms with Crippen molar-refractivity contribution in [2.75, 3.05) is 12.0 Å². The van der Waals surface area contributed by atoms with Gasteiger partial charge in [-0.05, 0) is 36.4 Å². The van der Waals surface area contributed by atoms with Crippen LogP contribution >= 0.6 is 15.9 Å². The lowest BCUT2D eigenvalue weighted by molar-refractivity contribution is -0.131. The molecular weight excluding hydrogens is 402 g/mol. The first-order valence-corrected chi connectivity index (χ1v) is 8.42. The van der Waals surface area contributed by atoms with Crippen molar-refractivity contribution in [1.82, 2.24) is 5.32 Å². The van der Waals surface area contributed by atoms with Gasteiger partial charge in [-0.2, -0.15) is 0 Å². The smallest absolute Gasteiger partial charge is 0.335 e. The monoisotopic (exact) mass is 415 g/mol. The number of hydrogen-bond acceptors (Lipinski definition) is 5. The molecule has 0 spiro atoms. The Morgan fingerprint density at radius 2 is 1.81 bits per heavy atom. The zero-order valence-electron chi connectivity index (χ0n) is 13.7. The van der Waals surface area contributed by atoms with Gasteiger partial charge in [0.2, 0.25) is 5.91 Å². The highest BCUT2D eigenvalue weighted by Gasteiger charge is 2.40. The van der Waals surface area contributed by atoms with Gasteiger partial charge in [0.15, 0.2) is 5.92 Å². The maximum Gasteiger partial charge on any atom is 0.335 e. The number of anilines is 1. The third-order valence-corrected chi connectivity index (χ3v) is 4.26. The number of benzene rings is 2. The van der Waals surface area contributed by atoms with E-state index in [1.165, 1.54) is 13.3 Å². The molecule has 8 heteroatoms. The molecule has 26 heavy (non-hydrogen) atoms. The van der Waals surface area contributed by atoms with E-state index < -0.39 is 23.8 Å². The van der Waals surface area contributed by atoms with Crippen molar-refractivity contribution in [2.24, 2.45) is 10.9 Å². The number of carbonyl (C=O) groups excluding carboxylic acids is 3. The zero-order chi connectivity index (χ0) is 18.7. The lowest BCUT2D eigenvalue weighted by atomic mass is 10.1. The summed E-state index contributed by atoms with van der Waals surface area (Å²) in [7, 11) is 1.50. The number of imide groups is 2. The number of amides is 4. The highest BCUT2D eigenvalue weighted by Crippen LogP contribution is 2.27. The standard InChI is InChI=1S/C18H14BrN3O4/c1-26-15-5-3-2-4-14(15)20-10-13-16(23)21-18(25)22(17(13)24)12-8-6-11(19)7-9-12/h2-10,13H,1H3,(H,21,23,25)/t13-/m0/s1. The van der Waals surface area contributed by atoms with Crippen LogP contribution in [0, 0.1) is 5.92 Å². The SMILES string of the molecule is COc1ccccc1N=C[C@H]1C(=O)NC(=O)N(c2ccc(Br)cc2)C1=O. The van der Waals surface area contributed by atoms with Gasteiger partial charge >= 0.3 is 6.03 Å². The second-order valence-corrected chi connectivity index (χ2v) is 6.29. The molecule has 1 fully saturated rings. The normalized spacial score (nSPS) is 17.5. The highest BCUT2D eigenvalue weighted by molar-refractivity contribution is 9.10. The van der Waals surface area contributed by atoms with Crippen LogP contribution in [-0.2, 0) is 9.59 Å². The summed E-state index contributed by atoms with van der Waals surface area (Å²) in [5, 5.41) is 2.18. The lowest BCUT2D eigenvalue weighted by Crippen LogP contribution is -2.58. The molecule has 2 aromatic carbocycles. The minimum atomic E-state index is -1.22. The highest BCUT2D eigenvalue weighted by atomic mass is 79.9. The molecule has 0 bridgehead atoms. The van der Waals surface area contributed by atoms with E-state index in [1.54, 1.807) is 48.5 Å². The molecule has 2 aromatic rings. The van der Waals surface area contributed by atoms with Gasteiger partial charge in [0, 0.05) is 10.7 Å². The van der Waals surface area contributed by atoms with Gasteiger partial charge in [-0.25, -0.2) is 9.69 Å². The Labute approximate surface area is 157 Å². The van der Waals surface area contributed by atoms with Crippen LogP contribution in [0.25, 0.3) is 0 Å². The van der Waals surface area contributed by atoms with Crippen molar-refractivity contribution in [3.63, 3.8) is 0 Å². The number of hydrogen-bond donors (Lipinski definition) is 1. The van der Waals surface area contributed by atoms with Gasteiger partial charge in [-0.1, -0.05) is 28.1 Å². The number of methoxy groups -OCH3 is 1. The Kier molecular flexibility index (Phi) is 5.13. The maximum atomic E-state index is 12.7. The molecule has 1 heterocycles. The summed E-state index contributed by atoms with van der Waals surface area (Å²) >= 11 is 3.29. The number of urea groups is 1. The molecule has 1 aliphatic heterocycles. The molecule has 1 saturated heterocycles. The predicted molar refractivity (Wildman–Crippen MR) is 99.8 cm³/mol. The second-order valence-electron chi connectivity index (χ2n) is 5.37. The van der Waals surface area contributed by atoms with Crippen LogP contribution in [0.15, 0.2) is 58.0 Å². The Balaban J connectivity index is 1.90. The Morgan fingerprint density at radius 1 is 1.12 bits per heavy atom. The molecule has 0 aliphatic carbocycles. The van der Waals surface area contributed by atoms with Gasteiger partial charge in [0.1, 0.15) is 11.4 Å². The van der Waals surface area contributed by atoms with Crippen molar-refractivity contribution in [2.45, 2.75) is 0 Å². The molecular formula is C18H14BrN3O4. The summed E-state index contributed by atoms with van der Waals surface area (Å²) < 4.78 is 5.99. The van der Waals surface area contributed by atoms with Crippen molar-refractivity contribution in [3.05, 3.63) is 53.0 Å². The van der Waals surface area contributed by atoms with E-state index in [0.29, 0.717) is 17.1 Å². The number of barbiturate groups is 1. The van der Waals surface area contributed by atoms with E-state index in [4.69, 9.17) is 4.74 Å². The average Bonchev–Trinajstić information content (AvgIpc) is 2.63. The number of aliphatic imine (C=N–C) groups is 1. The molecule has 0 unspecified atom stereocenters. The van der Waals surface area contributed by atoms with Gasteiger partial charge < -0.3 is 4.74 Å². The third kappa shape index (κ3) is 3.50. The van der Waals surface area contributed by atoms with Gasteiger partial charge in [-0.3, -0.25) is 19.9 Å². The molecule has 7 nitrogen and oxygen atoms in total.